The molecule has 0 fully saturated rings. The number of carbonyl (C=O) groups is 1. The first kappa shape index (κ1) is 10.6. The van der Waals surface area contributed by atoms with Crippen LogP contribution in [0.25, 0.3) is 0 Å². The topological polar surface area (TPSA) is 17.1 Å². The predicted molar refractivity (Wildman–Crippen MR) is 66.2 cm³/mol. The van der Waals surface area contributed by atoms with E-state index in [2.05, 4.69) is 25.7 Å². The van der Waals surface area contributed by atoms with E-state index in [1.807, 2.05) is 18.2 Å². The molecule has 80 valence electrons. The molecule has 1 nitrogen and oxygen atoms in total. The number of rotatable bonds is 1. The first-order chi connectivity index (χ1) is 6.98. The van der Waals surface area contributed by atoms with Crippen LogP contribution in [0.2, 0.25) is 25.2 Å². The molecular weight excluding hydrogens is 200 g/mol. The van der Waals surface area contributed by atoms with Crippen LogP contribution in [0.1, 0.15) is 22.3 Å². The van der Waals surface area contributed by atoms with Crippen molar-refractivity contribution in [3.05, 3.63) is 35.4 Å². The quantitative estimate of drug-likeness (QED) is 0.659. The maximum atomic E-state index is 12.0. The number of fused-ring (bicyclic) bond motifs is 1. The van der Waals surface area contributed by atoms with Crippen LogP contribution in [-0.4, -0.2) is 13.9 Å². The fourth-order valence-corrected chi connectivity index (χ4v) is 3.88. The Morgan fingerprint density at radius 1 is 1.13 bits per heavy atom. The molecule has 0 heterocycles. The Labute approximate surface area is 92.5 Å². The maximum Gasteiger partial charge on any atom is 0.163 e. The van der Waals surface area contributed by atoms with Gasteiger partial charge in [-0.1, -0.05) is 43.9 Å². The lowest BCUT2D eigenvalue weighted by Crippen LogP contribution is -2.34. The lowest BCUT2D eigenvalue weighted by molar-refractivity contribution is 0.0971. The van der Waals surface area contributed by atoms with E-state index in [9.17, 15) is 4.79 Å². The molecule has 0 amide bonds. The lowest BCUT2D eigenvalue weighted by Gasteiger charge is -2.32. The summed E-state index contributed by atoms with van der Waals surface area (Å²) in [6.07, 6.45) is 1.88. The SMILES string of the molecule is C[Si](C)(C)C1CC(=O)c2ccccc2C1. The minimum Gasteiger partial charge on any atom is -0.294 e. The van der Waals surface area contributed by atoms with Gasteiger partial charge in [-0.3, -0.25) is 4.79 Å². The van der Waals surface area contributed by atoms with Gasteiger partial charge in [-0.25, -0.2) is 0 Å². The van der Waals surface area contributed by atoms with E-state index in [1.54, 1.807) is 0 Å². The number of carbonyl (C=O) groups excluding carboxylic acids is 1. The summed E-state index contributed by atoms with van der Waals surface area (Å²) in [7, 11) is -1.19. The summed E-state index contributed by atoms with van der Waals surface area (Å²) in [6, 6.07) is 8.09. The van der Waals surface area contributed by atoms with Crippen LogP contribution < -0.4 is 0 Å². The van der Waals surface area contributed by atoms with Crippen LogP contribution in [-0.2, 0) is 6.42 Å². The summed E-state index contributed by atoms with van der Waals surface area (Å²) >= 11 is 0. The van der Waals surface area contributed by atoms with Crippen molar-refractivity contribution in [1.82, 2.24) is 0 Å². The molecule has 0 N–H and O–H groups in total. The zero-order chi connectivity index (χ0) is 11.1. The summed E-state index contributed by atoms with van der Waals surface area (Å²) in [5, 5.41) is 0. The Bertz CT molecular complexity index is 390. The number of hydrogen-bond acceptors (Lipinski definition) is 1. The molecule has 1 aromatic rings. The largest absolute Gasteiger partial charge is 0.294 e. The number of hydrogen-bond donors (Lipinski definition) is 0. The van der Waals surface area contributed by atoms with Crippen LogP contribution in [0.4, 0.5) is 0 Å². The van der Waals surface area contributed by atoms with Crippen LogP contribution in [0.5, 0.6) is 0 Å². The van der Waals surface area contributed by atoms with Crippen molar-refractivity contribution >= 4 is 13.9 Å². The molecule has 0 aromatic heterocycles. The second kappa shape index (κ2) is 3.60. The van der Waals surface area contributed by atoms with E-state index in [-0.39, 0.29) is 0 Å². The molecule has 1 aliphatic rings. The smallest absolute Gasteiger partial charge is 0.163 e. The van der Waals surface area contributed by atoms with E-state index in [0.717, 1.165) is 18.4 Å². The van der Waals surface area contributed by atoms with Gasteiger partial charge >= 0.3 is 0 Å². The molecule has 1 aromatic carbocycles. The summed E-state index contributed by atoms with van der Waals surface area (Å²) in [5.41, 5.74) is 2.85. The fourth-order valence-electron chi connectivity index (χ4n) is 2.25. The van der Waals surface area contributed by atoms with Crippen molar-refractivity contribution < 1.29 is 4.79 Å². The summed E-state index contributed by atoms with van der Waals surface area (Å²) in [4.78, 5) is 12.0. The normalized spacial score (nSPS) is 21.3. The highest BCUT2D eigenvalue weighted by atomic mass is 28.3. The molecule has 1 atom stereocenters. The third-order valence-electron chi connectivity index (χ3n) is 3.44. The van der Waals surface area contributed by atoms with E-state index in [1.165, 1.54) is 5.56 Å². The Morgan fingerprint density at radius 2 is 1.80 bits per heavy atom. The Balaban J connectivity index is 2.35. The minimum absolute atomic E-state index is 0.351. The average Bonchev–Trinajstić information content (AvgIpc) is 2.16. The van der Waals surface area contributed by atoms with Gasteiger partial charge in [-0.2, -0.15) is 0 Å². The van der Waals surface area contributed by atoms with Gasteiger partial charge in [0.05, 0.1) is 0 Å². The van der Waals surface area contributed by atoms with E-state index in [4.69, 9.17) is 0 Å². The van der Waals surface area contributed by atoms with E-state index < -0.39 is 8.07 Å². The van der Waals surface area contributed by atoms with Crippen LogP contribution in [0.15, 0.2) is 24.3 Å². The number of benzene rings is 1. The van der Waals surface area contributed by atoms with Gasteiger partial charge in [0.1, 0.15) is 0 Å². The third kappa shape index (κ3) is 2.05. The average molecular weight is 218 g/mol. The molecule has 0 spiro atoms. The van der Waals surface area contributed by atoms with Gasteiger partial charge < -0.3 is 0 Å². The molecular formula is C13H18OSi. The van der Waals surface area contributed by atoms with Gasteiger partial charge in [0.25, 0.3) is 0 Å². The summed E-state index contributed by atoms with van der Waals surface area (Å²) < 4.78 is 0. The predicted octanol–water partition coefficient (Wildman–Crippen LogP) is 3.52. The Kier molecular flexibility index (Phi) is 2.55. The van der Waals surface area contributed by atoms with Crippen molar-refractivity contribution in [2.45, 2.75) is 38.0 Å². The third-order valence-corrected chi connectivity index (χ3v) is 6.30. The first-order valence-electron chi connectivity index (χ1n) is 5.59. The fraction of sp³-hybridized carbons (Fsp3) is 0.462. The molecule has 1 unspecified atom stereocenters. The number of Topliss-reactive ketones (excluding diaryl/α,β-unsaturated/α-hetero) is 1. The zero-order valence-corrected chi connectivity index (χ0v) is 10.7. The standard InChI is InChI=1S/C13H18OSi/c1-15(2,3)11-8-10-6-4-5-7-12(10)13(14)9-11/h4-7,11H,8-9H2,1-3H3. The molecule has 15 heavy (non-hydrogen) atoms. The molecule has 2 rings (SSSR count). The molecule has 2 heteroatoms. The van der Waals surface area contributed by atoms with Crippen molar-refractivity contribution in [2.75, 3.05) is 0 Å². The maximum absolute atomic E-state index is 12.0. The minimum atomic E-state index is -1.19. The molecule has 1 aliphatic carbocycles. The lowest BCUT2D eigenvalue weighted by atomic mass is 9.90. The Hall–Kier alpha value is -0.893. The van der Waals surface area contributed by atoms with Gasteiger partial charge in [-0.15, -0.1) is 0 Å². The monoisotopic (exact) mass is 218 g/mol. The molecule has 0 bridgehead atoms. The number of ketones is 1. The summed E-state index contributed by atoms with van der Waals surface area (Å²) in [5.74, 6) is 0.351. The molecule has 0 radical (unpaired) electrons. The summed E-state index contributed by atoms with van der Waals surface area (Å²) in [6.45, 7) is 7.08. The van der Waals surface area contributed by atoms with Crippen LogP contribution in [0.3, 0.4) is 0 Å². The second-order valence-electron chi connectivity index (χ2n) is 5.55. The molecule has 0 saturated heterocycles. The van der Waals surface area contributed by atoms with Crippen LogP contribution >= 0.6 is 0 Å². The first-order valence-corrected chi connectivity index (χ1v) is 9.17. The molecule has 0 aliphatic heterocycles. The van der Waals surface area contributed by atoms with Crippen molar-refractivity contribution in [3.8, 4) is 0 Å². The van der Waals surface area contributed by atoms with E-state index in [0.29, 0.717) is 11.3 Å². The second-order valence-corrected chi connectivity index (χ2v) is 11.1. The van der Waals surface area contributed by atoms with Gasteiger partial charge in [0.2, 0.25) is 0 Å². The van der Waals surface area contributed by atoms with Crippen molar-refractivity contribution in [1.29, 1.82) is 0 Å². The van der Waals surface area contributed by atoms with Crippen LogP contribution in [0, 0.1) is 0 Å². The zero-order valence-electron chi connectivity index (χ0n) is 9.71. The highest BCUT2D eigenvalue weighted by Crippen LogP contribution is 2.35. The van der Waals surface area contributed by atoms with Gasteiger partial charge in [0, 0.05) is 20.1 Å². The van der Waals surface area contributed by atoms with E-state index >= 15 is 0 Å². The van der Waals surface area contributed by atoms with Gasteiger partial charge in [-0.05, 0) is 17.5 Å². The Morgan fingerprint density at radius 3 is 2.47 bits per heavy atom. The molecule has 0 saturated carbocycles. The van der Waals surface area contributed by atoms with Gasteiger partial charge in [0.15, 0.2) is 5.78 Å². The van der Waals surface area contributed by atoms with Crippen molar-refractivity contribution in [2.24, 2.45) is 0 Å². The van der Waals surface area contributed by atoms with Crippen molar-refractivity contribution in [3.63, 3.8) is 0 Å². The highest BCUT2D eigenvalue weighted by molar-refractivity contribution is 6.77. The highest BCUT2D eigenvalue weighted by Gasteiger charge is 2.33.